The van der Waals surface area contributed by atoms with Crippen LogP contribution in [0.5, 0.6) is 0 Å². The molecule has 0 aliphatic heterocycles. The van der Waals surface area contributed by atoms with Crippen LogP contribution in [0.3, 0.4) is 0 Å². The van der Waals surface area contributed by atoms with Crippen molar-refractivity contribution in [2.45, 2.75) is 24.9 Å². The van der Waals surface area contributed by atoms with Gasteiger partial charge in [0, 0.05) is 7.11 Å². The highest BCUT2D eigenvalue weighted by Gasteiger charge is 2.51. The first kappa shape index (κ1) is 10.2. The van der Waals surface area contributed by atoms with Gasteiger partial charge in [0.1, 0.15) is 0 Å². The summed E-state index contributed by atoms with van der Waals surface area (Å²) < 4.78 is 5.00. The maximum atomic E-state index is 11.1. The largest absolute Gasteiger partial charge is 0.481 e. The lowest BCUT2D eigenvalue weighted by Gasteiger charge is -2.10. The van der Waals surface area contributed by atoms with Gasteiger partial charge in [0.25, 0.3) is 0 Å². The van der Waals surface area contributed by atoms with Crippen molar-refractivity contribution in [1.82, 2.24) is 0 Å². The molecule has 0 amide bonds. The Morgan fingerprint density at radius 2 is 2.00 bits per heavy atom. The predicted octanol–water partition coefficient (Wildman–Crippen LogP) is 1.95. The third-order valence-corrected chi connectivity index (χ3v) is 2.98. The van der Waals surface area contributed by atoms with Crippen LogP contribution in [0, 0.1) is 0 Å². The number of rotatable bonds is 4. The Hall–Kier alpha value is -1.35. The fourth-order valence-electron chi connectivity index (χ4n) is 1.84. The molecule has 0 spiro atoms. The Morgan fingerprint density at radius 1 is 1.40 bits per heavy atom. The fraction of sp³-hybridized carbons (Fsp3) is 0.417. The van der Waals surface area contributed by atoms with Gasteiger partial charge in [-0.25, -0.2) is 0 Å². The first-order valence-electron chi connectivity index (χ1n) is 5.01. The molecule has 80 valence electrons. The Balaban J connectivity index is 2.20. The molecular weight excluding hydrogens is 192 g/mol. The third-order valence-electron chi connectivity index (χ3n) is 2.98. The molecule has 1 saturated carbocycles. The maximum Gasteiger partial charge on any atom is 0.314 e. The van der Waals surface area contributed by atoms with Crippen LogP contribution in [-0.2, 0) is 21.6 Å². The average molecular weight is 206 g/mol. The molecule has 1 fully saturated rings. The molecule has 1 aromatic rings. The van der Waals surface area contributed by atoms with Crippen molar-refractivity contribution in [3.8, 4) is 0 Å². The van der Waals surface area contributed by atoms with Crippen molar-refractivity contribution in [2.24, 2.45) is 0 Å². The van der Waals surface area contributed by atoms with Gasteiger partial charge in [-0.2, -0.15) is 0 Å². The average Bonchev–Trinajstić information content (AvgIpc) is 3.00. The number of aliphatic carboxylic acids is 1. The number of ether oxygens (including phenoxy) is 1. The molecule has 15 heavy (non-hydrogen) atoms. The Kier molecular flexibility index (Phi) is 2.49. The van der Waals surface area contributed by atoms with Crippen molar-refractivity contribution in [2.75, 3.05) is 7.11 Å². The molecule has 3 heteroatoms. The number of hydrogen-bond acceptors (Lipinski definition) is 2. The first-order chi connectivity index (χ1) is 7.19. The van der Waals surface area contributed by atoms with E-state index in [0.29, 0.717) is 6.61 Å². The van der Waals surface area contributed by atoms with E-state index >= 15 is 0 Å². The minimum Gasteiger partial charge on any atom is -0.481 e. The zero-order valence-electron chi connectivity index (χ0n) is 8.69. The number of carbonyl (C=O) groups is 1. The van der Waals surface area contributed by atoms with E-state index in [0.717, 1.165) is 24.0 Å². The Labute approximate surface area is 88.7 Å². The number of carboxylic acid groups (broad SMARTS) is 1. The quantitative estimate of drug-likeness (QED) is 0.819. The SMILES string of the molecule is COCc1ccc(C2(C(=O)O)CC2)cc1. The summed E-state index contributed by atoms with van der Waals surface area (Å²) in [5, 5.41) is 9.11. The highest BCUT2D eigenvalue weighted by Crippen LogP contribution is 2.48. The smallest absolute Gasteiger partial charge is 0.314 e. The van der Waals surface area contributed by atoms with E-state index in [9.17, 15) is 4.79 Å². The Bertz CT molecular complexity index is 363. The molecule has 2 rings (SSSR count). The van der Waals surface area contributed by atoms with Crippen LogP contribution < -0.4 is 0 Å². The molecule has 1 aliphatic carbocycles. The predicted molar refractivity (Wildman–Crippen MR) is 55.7 cm³/mol. The number of hydrogen-bond donors (Lipinski definition) is 1. The monoisotopic (exact) mass is 206 g/mol. The van der Waals surface area contributed by atoms with Gasteiger partial charge in [0.15, 0.2) is 0 Å². The van der Waals surface area contributed by atoms with E-state index in [4.69, 9.17) is 9.84 Å². The lowest BCUT2D eigenvalue weighted by molar-refractivity contribution is -0.140. The molecule has 0 unspecified atom stereocenters. The van der Waals surface area contributed by atoms with Crippen LogP contribution in [0.25, 0.3) is 0 Å². The summed E-state index contributed by atoms with van der Waals surface area (Å²) in [6.45, 7) is 0.570. The molecule has 0 heterocycles. The van der Waals surface area contributed by atoms with Crippen molar-refractivity contribution < 1.29 is 14.6 Å². The second-order valence-electron chi connectivity index (χ2n) is 4.02. The lowest BCUT2D eigenvalue weighted by Crippen LogP contribution is -2.19. The van der Waals surface area contributed by atoms with Gasteiger partial charge >= 0.3 is 5.97 Å². The number of carboxylic acids is 1. The summed E-state index contributed by atoms with van der Waals surface area (Å²) in [6, 6.07) is 7.66. The van der Waals surface area contributed by atoms with E-state index in [2.05, 4.69) is 0 Å². The summed E-state index contributed by atoms with van der Waals surface area (Å²) in [5.41, 5.74) is 1.39. The second kappa shape index (κ2) is 3.66. The number of methoxy groups -OCH3 is 1. The van der Waals surface area contributed by atoms with Gasteiger partial charge < -0.3 is 9.84 Å². The summed E-state index contributed by atoms with van der Waals surface area (Å²) in [4.78, 5) is 11.1. The molecule has 1 N–H and O–H groups in total. The Morgan fingerprint density at radius 3 is 2.40 bits per heavy atom. The summed E-state index contributed by atoms with van der Waals surface area (Å²) in [6.07, 6.45) is 1.51. The van der Waals surface area contributed by atoms with Crippen LogP contribution in [0.15, 0.2) is 24.3 Å². The molecule has 1 aromatic carbocycles. The van der Waals surface area contributed by atoms with E-state index in [-0.39, 0.29) is 0 Å². The normalized spacial score (nSPS) is 17.4. The lowest BCUT2D eigenvalue weighted by atomic mass is 9.95. The van der Waals surface area contributed by atoms with Crippen molar-refractivity contribution in [3.05, 3.63) is 35.4 Å². The van der Waals surface area contributed by atoms with Crippen molar-refractivity contribution in [3.63, 3.8) is 0 Å². The summed E-state index contributed by atoms with van der Waals surface area (Å²) >= 11 is 0. The second-order valence-corrected chi connectivity index (χ2v) is 4.02. The topological polar surface area (TPSA) is 46.5 Å². The van der Waals surface area contributed by atoms with E-state index < -0.39 is 11.4 Å². The van der Waals surface area contributed by atoms with Crippen LogP contribution in [-0.4, -0.2) is 18.2 Å². The molecule has 0 bridgehead atoms. The van der Waals surface area contributed by atoms with Gasteiger partial charge in [0.2, 0.25) is 0 Å². The zero-order valence-corrected chi connectivity index (χ0v) is 8.69. The molecule has 0 radical (unpaired) electrons. The molecule has 3 nitrogen and oxygen atoms in total. The number of benzene rings is 1. The highest BCUT2D eigenvalue weighted by atomic mass is 16.5. The molecule has 0 atom stereocenters. The minimum atomic E-state index is -0.706. The van der Waals surface area contributed by atoms with Crippen molar-refractivity contribution >= 4 is 5.97 Å². The summed E-state index contributed by atoms with van der Waals surface area (Å²) in [7, 11) is 1.65. The minimum absolute atomic E-state index is 0.570. The summed E-state index contributed by atoms with van der Waals surface area (Å²) in [5.74, 6) is -0.706. The van der Waals surface area contributed by atoms with Crippen LogP contribution >= 0.6 is 0 Å². The third kappa shape index (κ3) is 1.75. The van der Waals surface area contributed by atoms with Crippen molar-refractivity contribution in [1.29, 1.82) is 0 Å². The van der Waals surface area contributed by atoms with Crippen LogP contribution in [0.4, 0.5) is 0 Å². The van der Waals surface area contributed by atoms with Gasteiger partial charge in [-0.05, 0) is 24.0 Å². The van der Waals surface area contributed by atoms with Gasteiger partial charge in [0.05, 0.1) is 12.0 Å². The van der Waals surface area contributed by atoms with E-state index in [1.165, 1.54) is 0 Å². The molecule has 0 aromatic heterocycles. The standard InChI is InChI=1S/C12H14O3/c1-15-8-9-2-4-10(5-3-9)12(6-7-12)11(13)14/h2-5H,6-8H2,1H3,(H,13,14). The van der Waals surface area contributed by atoms with Gasteiger partial charge in [-0.15, -0.1) is 0 Å². The fourth-order valence-corrected chi connectivity index (χ4v) is 1.84. The van der Waals surface area contributed by atoms with E-state index in [1.54, 1.807) is 7.11 Å². The molecule has 1 aliphatic rings. The van der Waals surface area contributed by atoms with Gasteiger partial charge in [-0.1, -0.05) is 24.3 Å². The zero-order chi connectivity index (χ0) is 10.9. The highest BCUT2D eigenvalue weighted by molar-refractivity contribution is 5.84. The first-order valence-corrected chi connectivity index (χ1v) is 5.01. The maximum absolute atomic E-state index is 11.1. The van der Waals surface area contributed by atoms with Gasteiger partial charge in [-0.3, -0.25) is 4.79 Å². The van der Waals surface area contributed by atoms with E-state index in [1.807, 2.05) is 24.3 Å². The van der Waals surface area contributed by atoms with Crippen LogP contribution in [0.1, 0.15) is 24.0 Å². The molecule has 0 saturated heterocycles. The van der Waals surface area contributed by atoms with Crippen LogP contribution in [0.2, 0.25) is 0 Å². The molecular formula is C12H14O3.